The minimum Gasteiger partial charge on any atom is -0.508 e. The topological polar surface area (TPSA) is 227 Å². The fraction of sp³-hybridized carbons (Fsp3) is 0.300. The summed E-state index contributed by atoms with van der Waals surface area (Å²) in [6, 6.07) is 10.9. The SMILES string of the molecule is CC(=O)O[C@@H]1[C@@H](O)[C@H](C)O[C@@H](Oc2cc(O)c3c(c2)[C@@H]([C@@H]2c4cc(C)cc(O)c4C(=O)c4c(O)cc(O)cc42)c2cc(C)cc(O)c2C3=O)[C@@H]1OC(C)=O. The number of aliphatic hydroxyl groups excluding tert-OH is 1. The maximum Gasteiger partial charge on any atom is 0.303 e. The first-order chi connectivity index (χ1) is 25.5. The van der Waals surface area contributed by atoms with Gasteiger partial charge < -0.3 is 49.6 Å². The molecule has 14 heteroatoms. The fourth-order valence-corrected chi connectivity index (χ4v) is 8.04. The lowest BCUT2D eigenvalue weighted by molar-refractivity contribution is -0.277. The second kappa shape index (κ2) is 13.1. The van der Waals surface area contributed by atoms with Gasteiger partial charge in [0.1, 0.15) is 40.6 Å². The third-order valence-corrected chi connectivity index (χ3v) is 10.0. The number of hydrogen-bond donors (Lipinski definition) is 6. The number of aromatic hydroxyl groups is 5. The molecule has 0 bridgehead atoms. The summed E-state index contributed by atoms with van der Waals surface area (Å²) >= 11 is 0. The number of fused-ring (bicyclic) bond motifs is 4. The number of carbonyl (C=O) groups excluding carboxylic acids is 4. The smallest absolute Gasteiger partial charge is 0.303 e. The van der Waals surface area contributed by atoms with Gasteiger partial charge in [0.15, 0.2) is 6.10 Å². The monoisotopic (exact) mass is 740 g/mol. The van der Waals surface area contributed by atoms with Gasteiger partial charge in [0.05, 0.1) is 28.4 Å². The van der Waals surface area contributed by atoms with Crippen molar-refractivity contribution in [2.45, 2.75) is 77.2 Å². The molecular weight excluding hydrogens is 704 g/mol. The van der Waals surface area contributed by atoms with Crippen molar-refractivity contribution >= 4 is 23.5 Å². The summed E-state index contributed by atoms with van der Waals surface area (Å²) in [5.41, 5.74) is 1.19. The Morgan fingerprint density at radius 1 is 0.611 bits per heavy atom. The average molecular weight is 741 g/mol. The van der Waals surface area contributed by atoms with Crippen molar-refractivity contribution in [3.05, 3.63) is 104 Å². The van der Waals surface area contributed by atoms with E-state index >= 15 is 0 Å². The molecule has 0 spiro atoms. The van der Waals surface area contributed by atoms with E-state index in [1.54, 1.807) is 26.0 Å². The zero-order valence-corrected chi connectivity index (χ0v) is 29.6. The van der Waals surface area contributed by atoms with Gasteiger partial charge in [-0.1, -0.05) is 12.1 Å². The van der Waals surface area contributed by atoms with Crippen LogP contribution in [0.15, 0.2) is 48.5 Å². The van der Waals surface area contributed by atoms with Crippen LogP contribution in [0.1, 0.15) is 97.8 Å². The number of aryl methyl sites for hydroxylation is 2. The van der Waals surface area contributed by atoms with Gasteiger partial charge in [0, 0.05) is 37.8 Å². The van der Waals surface area contributed by atoms with Crippen LogP contribution in [0.3, 0.4) is 0 Å². The lowest BCUT2D eigenvalue weighted by Crippen LogP contribution is -2.60. The van der Waals surface area contributed by atoms with Gasteiger partial charge in [0.2, 0.25) is 24.0 Å². The largest absolute Gasteiger partial charge is 0.508 e. The van der Waals surface area contributed by atoms with Crippen molar-refractivity contribution in [2.24, 2.45) is 0 Å². The van der Waals surface area contributed by atoms with Crippen LogP contribution in [-0.2, 0) is 23.8 Å². The van der Waals surface area contributed by atoms with Gasteiger partial charge >= 0.3 is 11.9 Å². The summed E-state index contributed by atoms with van der Waals surface area (Å²) in [6.07, 6.45) is -6.86. The number of aliphatic hydroxyl groups is 1. The van der Waals surface area contributed by atoms with Crippen molar-refractivity contribution in [3.63, 3.8) is 0 Å². The predicted molar refractivity (Wildman–Crippen MR) is 186 cm³/mol. The molecule has 2 aliphatic carbocycles. The molecule has 3 aliphatic rings. The Balaban J connectivity index is 1.48. The molecule has 1 fully saturated rings. The number of benzene rings is 4. The molecule has 7 rings (SSSR count). The predicted octanol–water partition coefficient (Wildman–Crippen LogP) is 4.23. The quantitative estimate of drug-likeness (QED) is 0.158. The minimum absolute atomic E-state index is 0.122. The molecule has 6 N–H and O–H groups in total. The Labute approximate surface area is 307 Å². The first-order valence-corrected chi connectivity index (χ1v) is 17.0. The number of carbonyl (C=O) groups is 4. The molecule has 1 saturated heterocycles. The number of hydrogen-bond acceptors (Lipinski definition) is 14. The van der Waals surface area contributed by atoms with E-state index in [-0.39, 0.29) is 67.5 Å². The Kier molecular flexibility index (Phi) is 8.78. The highest BCUT2D eigenvalue weighted by molar-refractivity contribution is 6.18. The summed E-state index contributed by atoms with van der Waals surface area (Å²) in [5, 5.41) is 66.7. The molecule has 0 aromatic heterocycles. The molecule has 4 aromatic carbocycles. The first kappa shape index (κ1) is 36.2. The molecule has 0 amide bonds. The molecule has 14 nitrogen and oxygen atoms in total. The Hall–Kier alpha value is -6.12. The van der Waals surface area contributed by atoms with Crippen molar-refractivity contribution in [2.75, 3.05) is 0 Å². The van der Waals surface area contributed by atoms with Crippen molar-refractivity contribution in [3.8, 4) is 34.5 Å². The molecule has 0 unspecified atom stereocenters. The van der Waals surface area contributed by atoms with Gasteiger partial charge in [-0.3, -0.25) is 19.2 Å². The second-order valence-corrected chi connectivity index (χ2v) is 13.9. The molecular formula is C40H36O14. The third-order valence-electron chi connectivity index (χ3n) is 10.0. The van der Waals surface area contributed by atoms with E-state index in [0.29, 0.717) is 11.1 Å². The highest BCUT2D eigenvalue weighted by Crippen LogP contribution is 2.57. The van der Waals surface area contributed by atoms with Gasteiger partial charge in [-0.15, -0.1) is 0 Å². The van der Waals surface area contributed by atoms with Crippen LogP contribution >= 0.6 is 0 Å². The standard InChI is InChI=1S/C40H36O14/c1-14-6-21-29(23-10-19(43)11-27(46)33(23)36(49)31(21)25(44)8-14)30-22-7-15(2)9-26(45)32(22)37(50)34-24(30)12-20(13-28(34)47)54-40-39(53-18(5)42)38(52-17(4)41)35(48)16(3)51-40/h6-13,16,29-30,35,38-40,43-48H,1-5H3/t16-,29+,30-,35-,38+,39+,40-/m0/s1. The normalized spacial score (nSPS) is 24.1. The molecule has 54 heavy (non-hydrogen) atoms. The average Bonchev–Trinajstić information content (AvgIpc) is 3.04. The Morgan fingerprint density at radius 3 is 1.54 bits per heavy atom. The highest BCUT2D eigenvalue weighted by atomic mass is 16.7. The maximum absolute atomic E-state index is 14.3. The maximum atomic E-state index is 14.3. The Bertz CT molecular complexity index is 2230. The fourth-order valence-electron chi connectivity index (χ4n) is 8.04. The number of ketones is 2. The number of phenolic OH excluding ortho intramolecular Hbond substituents is 5. The van der Waals surface area contributed by atoms with Crippen LogP contribution in [0.25, 0.3) is 0 Å². The van der Waals surface area contributed by atoms with Crippen molar-refractivity contribution in [1.29, 1.82) is 0 Å². The van der Waals surface area contributed by atoms with E-state index in [0.717, 1.165) is 26.0 Å². The summed E-state index contributed by atoms with van der Waals surface area (Å²) in [4.78, 5) is 52.4. The molecule has 280 valence electrons. The van der Waals surface area contributed by atoms with Crippen LogP contribution in [-0.4, -0.2) is 84.9 Å². The van der Waals surface area contributed by atoms with E-state index < -0.39 is 77.5 Å². The van der Waals surface area contributed by atoms with Gasteiger partial charge in [-0.2, -0.15) is 0 Å². The lowest BCUT2D eigenvalue weighted by Gasteiger charge is -2.42. The number of rotatable bonds is 5. The zero-order chi connectivity index (χ0) is 39.1. The van der Waals surface area contributed by atoms with Gasteiger partial charge in [-0.05, 0) is 78.4 Å². The van der Waals surface area contributed by atoms with Crippen molar-refractivity contribution < 1.29 is 68.8 Å². The van der Waals surface area contributed by atoms with Crippen LogP contribution in [0, 0.1) is 13.8 Å². The minimum atomic E-state index is -1.52. The molecule has 0 radical (unpaired) electrons. The highest BCUT2D eigenvalue weighted by Gasteiger charge is 2.50. The molecule has 0 saturated carbocycles. The summed E-state index contributed by atoms with van der Waals surface area (Å²) in [7, 11) is 0. The number of phenols is 5. The van der Waals surface area contributed by atoms with Gasteiger partial charge in [-0.25, -0.2) is 0 Å². The third kappa shape index (κ3) is 5.83. The van der Waals surface area contributed by atoms with E-state index in [2.05, 4.69) is 0 Å². The van der Waals surface area contributed by atoms with Crippen molar-refractivity contribution in [1.82, 2.24) is 0 Å². The van der Waals surface area contributed by atoms with Crippen LogP contribution in [0.4, 0.5) is 0 Å². The van der Waals surface area contributed by atoms with E-state index in [4.69, 9.17) is 18.9 Å². The number of ether oxygens (including phenoxy) is 4. The lowest BCUT2D eigenvalue weighted by atomic mass is 9.63. The molecule has 7 atom stereocenters. The summed E-state index contributed by atoms with van der Waals surface area (Å²) in [6.45, 7) is 7.08. The van der Waals surface area contributed by atoms with E-state index in [9.17, 15) is 49.8 Å². The van der Waals surface area contributed by atoms with E-state index in [1.165, 1.54) is 31.2 Å². The number of esters is 2. The van der Waals surface area contributed by atoms with Crippen LogP contribution in [0.5, 0.6) is 34.5 Å². The molecule has 1 aliphatic heterocycles. The van der Waals surface area contributed by atoms with Crippen LogP contribution in [0.2, 0.25) is 0 Å². The summed E-state index contributed by atoms with van der Waals surface area (Å²) in [5.74, 6) is -7.59. The Morgan fingerprint density at radius 2 is 1.04 bits per heavy atom. The molecule has 1 heterocycles. The van der Waals surface area contributed by atoms with E-state index in [1.807, 2.05) is 0 Å². The molecule has 4 aromatic rings. The first-order valence-electron chi connectivity index (χ1n) is 17.0. The van der Waals surface area contributed by atoms with Crippen LogP contribution < -0.4 is 4.74 Å². The zero-order valence-electron chi connectivity index (χ0n) is 29.6. The second-order valence-electron chi connectivity index (χ2n) is 13.9. The summed E-state index contributed by atoms with van der Waals surface area (Å²) < 4.78 is 22.8. The van der Waals surface area contributed by atoms with Gasteiger partial charge in [0.25, 0.3) is 0 Å².